The number of hydrogen-bond acceptors (Lipinski definition) is 7. The molecule has 136 valence electrons. The Labute approximate surface area is 140 Å². The number of fused-ring (bicyclic) bond motifs is 6. The van der Waals surface area contributed by atoms with E-state index in [9.17, 15) is 0 Å². The molecule has 7 nitrogen and oxygen atoms in total. The van der Waals surface area contributed by atoms with Crippen molar-refractivity contribution in [2.45, 2.75) is 0 Å². The lowest BCUT2D eigenvalue weighted by Gasteiger charge is -2.23. The zero-order chi connectivity index (χ0) is 16.0. The molecule has 0 spiro atoms. The second-order valence-corrected chi connectivity index (χ2v) is 6.02. The maximum absolute atomic E-state index is 5.73. The van der Waals surface area contributed by atoms with Crippen LogP contribution < -0.4 is 10.6 Å². The summed E-state index contributed by atoms with van der Waals surface area (Å²) in [5.41, 5.74) is 0. The summed E-state index contributed by atoms with van der Waals surface area (Å²) in [6.45, 7) is 14.5. The van der Waals surface area contributed by atoms with Crippen LogP contribution in [0.1, 0.15) is 0 Å². The van der Waals surface area contributed by atoms with Crippen LogP contribution in [0.4, 0.5) is 0 Å². The van der Waals surface area contributed by atoms with Crippen molar-refractivity contribution in [2.24, 2.45) is 0 Å². The molecule has 2 fully saturated rings. The molecule has 2 N–H and O–H groups in total. The van der Waals surface area contributed by atoms with Gasteiger partial charge in [0.15, 0.2) is 0 Å². The van der Waals surface area contributed by atoms with Crippen LogP contribution in [-0.4, -0.2) is 115 Å². The van der Waals surface area contributed by atoms with Crippen molar-refractivity contribution < 1.29 is 14.2 Å². The zero-order valence-electron chi connectivity index (χ0n) is 14.4. The van der Waals surface area contributed by atoms with Crippen LogP contribution in [0.3, 0.4) is 0 Å². The first-order valence-electron chi connectivity index (χ1n) is 9.04. The Bertz CT molecular complexity index is 238. The first-order chi connectivity index (χ1) is 11.4. The second-order valence-electron chi connectivity index (χ2n) is 6.02. The van der Waals surface area contributed by atoms with Gasteiger partial charge in [-0.1, -0.05) is 0 Å². The average molecular weight is 330 g/mol. The standard InChI is InChI=1S/C16H34N4O3/c1-5-19-6-3-18-4-11-21-12-9-20(7-2-17-1)10-14-23-16-15-22-13-8-19/h17-18H,1-16H2. The Balaban J connectivity index is 1.87. The Morgan fingerprint density at radius 1 is 0.435 bits per heavy atom. The van der Waals surface area contributed by atoms with E-state index in [1.807, 2.05) is 0 Å². The number of ether oxygens (including phenoxy) is 3. The highest BCUT2D eigenvalue weighted by Crippen LogP contribution is 1.93. The van der Waals surface area contributed by atoms with Crippen molar-refractivity contribution in [3.63, 3.8) is 0 Å². The van der Waals surface area contributed by atoms with Gasteiger partial charge in [0, 0.05) is 65.4 Å². The summed E-state index contributed by atoms with van der Waals surface area (Å²) < 4.78 is 17.1. The monoisotopic (exact) mass is 330 g/mol. The van der Waals surface area contributed by atoms with Crippen molar-refractivity contribution in [3.8, 4) is 0 Å². The van der Waals surface area contributed by atoms with Gasteiger partial charge in [-0.25, -0.2) is 0 Å². The van der Waals surface area contributed by atoms with E-state index < -0.39 is 0 Å². The molecule has 2 rings (SSSR count). The maximum Gasteiger partial charge on any atom is 0.0701 e. The molecule has 2 saturated heterocycles. The fourth-order valence-electron chi connectivity index (χ4n) is 2.78. The van der Waals surface area contributed by atoms with Gasteiger partial charge in [0.1, 0.15) is 0 Å². The van der Waals surface area contributed by atoms with Crippen LogP contribution >= 0.6 is 0 Å². The molecule has 2 bridgehead atoms. The molecule has 0 aliphatic carbocycles. The van der Waals surface area contributed by atoms with Gasteiger partial charge < -0.3 is 24.8 Å². The fraction of sp³-hybridized carbons (Fsp3) is 1.00. The Kier molecular flexibility index (Phi) is 10.8. The van der Waals surface area contributed by atoms with Crippen molar-refractivity contribution >= 4 is 0 Å². The third-order valence-corrected chi connectivity index (χ3v) is 4.27. The summed E-state index contributed by atoms with van der Waals surface area (Å²) in [5.74, 6) is 0. The minimum absolute atomic E-state index is 0.685. The highest BCUT2D eigenvalue weighted by Gasteiger charge is 2.08. The maximum atomic E-state index is 5.73. The highest BCUT2D eigenvalue weighted by molar-refractivity contribution is 4.65. The predicted molar refractivity (Wildman–Crippen MR) is 91.1 cm³/mol. The lowest BCUT2D eigenvalue weighted by Crippen LogP contribution is -2.40. The summed E-state index contributed by atoms with van der Waals surface area (Å²) in [6, 6.07) is 0. The van der Waals surface area contributed by atoms with Gasteiger partial charge in [-0.3, -0.25) is 9.80 Å². The number of nitrogens with zero attached hydrogens (tertiary/aromatic N) is 2. The normalized spacial score (nSPS) is 31.3. The van der Waals surface area contributed by atoms with Crippen molar-refractivity contribution in [2.75, 3.05) is 105 Å². The van der Waals surface area contributed by atoms with E-state index in [1.54, 1.807) is 0 Å². The summed E-state index contributed by atoms with van der Waals surface area (Å²) in [7, 11) is 0. The first-order valence-corrected chi connectivity index (χ1v) is 9.04. The highest BCUT2D eigenvalue weighted by atomic mass is 16.5. The van der Waals surface area contributed by atoms with Gasteiger partial charge in [-0.15, -0.1) is 0 Å². The lowest BCUT2D eigenvalue weighted by atomic mass is 10.4. The Morgan fingerprint density at radius 2 is 0.870 bits per heavy atom. The topological polar surface area (TPSA) is 58.2 Å². The molecule has 2 heterocycles. The Morgan fingerprint density at radius 3 is 1.43 bits per heavy atom. The fourth-order valence-corrected chi connectivity index (χ4v) is 2.78. The van der Waals surface area contributed by atoms with Gasteiger partial charge >= 0.3 is 0 Å². The zero-order valence-corrected chi connectivity index (χ0v) is 14.4. The SMILES string of the molecule is C1COCCN2CCNCCN(CCN1)CCOCCOCC2. The minimum atomic E-state index is 0.685. The molecule has 2 aliphatic heterocycles. The molecule has 7 heteroatoms. The van der Waals surface area contributed by atoms with E-state index in [2.05, 4.69) is 20.4 Å². The Hall–Kier alpha value is -0.280. The molecule has 0 saturated carbocycles. The molecule has 2 unspecified atom stereocenters. The van der Waals surface area contributed by atoms with Gasteiger partial charge in [0.05, 0.1) is 39.6 Å². The molecular weight excluding hydrogens is 296 g/mol. The largest absolute Gasteiger partial charge is 0.379 e. The molecule has 2 aliphatic rings. The van der Waals surface area contributed by atoms with Crippen LogP contribution in [0.5, 0.6) is 0 Å². The van der Waals surface area contributed by atoms with Crippen LogP contribution in [0, 0.1) is 0 Å². The van der Waals surface area contributed by atoms with E-state index in [-0.39, 0.29) is 0 Å². The number of hydrogen-bond donors (Lipinski definition) is 2. The van der Waals surface area contributed by atoms with Crippen molar-refractivity contribution in [3.05, 3.63) is 0 Å². The predicted octanol–water partition coefficient (Wildman–Crippen LogP) is -1.15. The molecule has 23 heavy (non-hydrogen) atoms. The molecule has 0 amide bonds. The molecule has 0 aromatic rings. The van der Waals surface area contributed by atoms with Crippen LogP contribution in [0.25, 0.3) is 0 Å². The van der Waals surface area contributed by atoms with E-state index >= 15 is 0 Å². The summed E-state index contributed by atoms with van der Waals surface area (Å²) in [5, 5.41) is 7.02. The third kappa shape index (κ3) is 9.56. The van der Waals surface area contributed by atoms with Gasteiger partial charge in [-0.2, -0.15) is 0 Å². The van der Waals surface area contributed by atoms with Crippen molar-refractivity contribution in [1.29, 1.82) is 0 Å². The second kappa shape index (κ2) is 13.1. The smallest absolute Gasteiger partial charge is 0.0701 e. The average Bonchev–Trinajstić information content (AvgIpc) is 2.57. The van der Waals surface area contributed by atoms with Crippen LogP contribution in [-0.2, 0) is 14.2 Å². The summed E-state index contributed by atoms with van der Waals surface area (Å²) >= 11 is 0. The van der Waals surface area contributed by atoms with Gasteiger partial charge in [0.25, 0.3) is 0 Å². The first kappa shape index (κ1) is 19.1. The van der Waals surface area contributed by atoms with Gasteiger partial charge in [0.2, 0.25) is 0 Å². The molecule has 0 aromatic carbocycles. The van der Waals surface area contributed by atoms with E-state index in [0.29, 0.717) is 13.2 Å². The molecular formula is C16H34N4O3. The van der Waals surface area contributed by atoms with Crippen LogP contribution in [0.15, 0.2) is 0 Å². The third-order valence-electron chi connectivity index (χ3n) is 4.27. The van der Waals surface area contributed by atoms with Crippen molar-refractivity contribution in [1.82, 2.24) is 20.4 Å². The quantitative estimate of drug-likeness (QED) is 0.544. The summed E-state index contributed by atoms with van der Waals surface area (Å²) in [6.07, 6.45) is 0. The number of nitrogens with one attached hydrogen (secondary N) is 2. The minimum Gasteiger partial charge on any atom is -0.379 e. The van der Waals surface area contributed by atoms with Gasteiger partial charge in [-0.05, 0) is 0 Å². The lowest BCUT2D eigenvalue weighted by molar-refractivity contribution is 0.0279. The summed E-state index contributed by atoms with van der Waals surface area (Å²) in [4.78, 5) is 4.87. The van der Waals surface area contributed by atoms with E-state index in [1.165, 1.54) is 0 Å². The molecule has 0 radical (unpaired) electrons. The van der Waals surface area contributed by atoms with E-state index in [0.717, 1.165) is 91.9 Å². The number of rotatable bonds is 0. The molecule has 2 atom stereocenters. The van der Waals surface area contributed by atoms with E-state index in [4.69, 9.17) is 14.2 Å². The van der Waals surface area contributed by atoms with Crippen LogP contribution in [0.2, 0.25) is 0 Å². The molecule has 0 aromatic heterocycles.